The third kappa shape index (κ3) is 2.51. The van der Waals surface area contributed by atoms with Crippen LogP contribution in [0.25, 0.3) is 5.70 Å². The van der Waals surface area contributed by atoms with Crippen molar-refractivity contribution in [2.24, 2.45) is 0 Å². The largest absolute Gasteiger partial charge is 0.308 e. The smallest absolute Gasteiger partial charge is 0.259 e. The van der Waals surface area contributed by atoms with Gasteiger partial charge in [-0.25, -0.2) is 4.39 Å². The number of amides is 2. The molecule has 0 fully saturated rings. The molecule has 2 aliphatic heterocycles. The molecule has 0 saturated carbocycles. The summed E-state index contributed by atoms with van der Waals surface area (Å²) in [5.74, 6) is -0.917. The summed E-state index contributed by atoms with van der Waals surface area (Å²) in [6.45, 7) is 6.11. The summed E-state index contributed by atoms with van der Waals surface area (Å²) in [4.78, 5) is 28.4. The number of carbonyl (C=O) groups excluding carboxylic acids is 2. The highest BCUT2D eigenvalue weighted by Crippen LogP contribution is 2.34. The molecule has 0 radical (unpaired) electrons. The first kappa shape index (κ1) is 16.5. The van der Waals surface area contributed by atoms with Gasteiger partial charge >= 0.3 is 0 Å². The predicted molar refractivity (Wildman–Crippen MR) is 98.3 cm³/mol. The van der Waals surface area contributed by atoms with Crippen LogP contribution in [0.3, 0.4) is 0 Å². The Morgan fingerprint density at radius 3 is 2.69 bits per heavy atom. The molecule has 0 atom stereocenters. The van der Waals surface area contributed by atoms with Gasteiger partial charge in [0.05, 0.1) is 5.69 Å². The van der Waals surface area contributed by atoms with Crippen molar-refractivity contribution in [2.45, 2.75) is 19.8 Å². The van der Waals surface area contributed by atoms with Gasteiger partial charge in [-0.05, 0) is 43.0 Å². The molecule has 2 amide bonds. The van der Waals surface area contributed by atoms with Crippen LogP contribution < -0.4 is 4.90 Å². The van der Waals surface area contributed by atoms with Gasteiger partial charge in [-0.2, -0.15) is 0 Å². The van der Waals surface area contributed by atoms with Crippen LogP contribution in [0.1, 0.15) is 33.5 Å². The van der Waals surface area contributed by atoms with Crippen molar-refractivity contribution in [3.63, 3.8) is 0 Å². The Labute approximate surface area is 151 Å². The van der Waals surface area contributed by atoms with Gasteiger partial charge in [0.1, 0.15) is 12.4 Å². The summed E-state index contributed by atoms with van der Waals surface area (Å²) < 4.78 is 14.5. The lowest BCUT2D eigenvalue weighted by Gasteiger charge is -2.31. The maximum absolute atomic E-state index is 14.5. The van der Waals surface area contributed by atoms with E-state index >= 15 is 0 Å². The molecular weight excluding hydrogens is 331 g/mol. The van der Waals surface area contributed by atoms with Crippen LogP contribution in [0.5, 0.6) is 0 Å². The van der Waals surface area contributed by atoms with Gasteiger partial charge in [-0.1, -0.05) is 30.8 Å². The first-order valence-electron chi connectivity index (χ1n) is 8.67. The Balaban J connectivity index is 1.62. The Kier molecular flexibility index (Phi) is 3.87. The summed E-state index contributed by atoms with van der Waals surface area (Å²) >= 11 is 0. The van der Waals surface area contributed by atoms with Crippen LogP contribution in [0, 0.1) is 12.7 Å². The fourth-order valence-corrected chi connectivity index (χ4v) is 3.81. The van der Waals surface area contributed by atoms with E-state index < -0.39 is 0 Å². The van der Waals surface area contributed by atoms with Crippen molar-refractivity contribution in [1.29, 1.82) is 0 Å². The van der Waals surface area contributed by atoms with E-state index in [0.717, 1.165) is 29.5 Å². The van der Waals surface area contributed by atoms with Crippen molar-refractivity contribution in [1.82, 2.24) is 4.90 Å². The molecule has 0 aromatic heterocycles. The maximum atomic E-state index is 14.5. The molecule has 0 aliphatic carbocycles. The molecule has 26 heavy (non-hydrogen) atoms. The van der Waals surface area contributed by atoms with E-state index in [2.05, 4.69) is 6.58 Å². The molecule has 132 valence electrons. The Bertz CT molecular complexity index is 916. The fraction of sp³-hybridized carbons (Fsp3) is 0.238. The van der Waals surface area contributed by atoms with E-state index in [1.165, 1.54) is 15.9 Å². The first-order valence-corrected chi connectivity index (χ1v) is 8.67. The number of benzene rings is 2. The summed E-state index contributed by atoms with van der Waals surface area (Å²) in [5.41, 5.74) is 3.84. The average molecular weight is 350 g/mol. The summed E-state index contributed by atoms with van der Waals surface area (Å²) in [5, 5.41) is 0. The molecular formula is C21H19FN2O2. The fourth-order valence-electron chi connectivity index (χ4n) is 3.81. The molecule has 2 aliphatic rings. The average Bonchev–Trinajstić information content (AvgIpc) is 2.86. The minimum absolute atomic E-state index is 0.140. The van der Waals surface area contributed by atoms with Gasteiger partial charge in [0.25, 0.3) is 5.91 Å². The Morgan fingerprint density at radius 2 is 1.96 bits per heavy atom. The zero-order valence-electron chi connectivity index (χ0n) is 14.6. The van der Waals surface area contributed by atoms with Crippen LogP contribution in [0.15, 0.2) is 43.0 Å². The second kappa shape index (κ2) is 6.09. The van der Waals surface area contributed by atoms with Crippen molar-refractivity contribution < 1.29 is 14.0 Å². The highest BCUT2D eigenvalue weighted by atomic mass is 19.1. The first-order chi connectivity index (χ1) is 12.5. The third-order valence-corrected chi connectivity index (χ3v) is 5.02. The number of halogens is 1. The molecule has 4 nitrogen and oxygen atoms in total. The van der Waals surface area contributed by atoms with E-state index in [0.29, 0.717) is 23.5 Å². The zero-order valence-corrected chi connectivity index (χ0v) is 14.6. The molecule has 2 aromatic rings. The minimum Gasteiger partial charge on any atom is -0.308 e. The Morgan fingerprint density at radius 1 is 1.23 bits per heavy atom. The number of carbonyl (C=O) groups is 2. The zero-order chi connectivity index (χ0) is 18.4. The summed E-state index contributed by atoms with van der Waals surface area (Å²) in [6, 6.07) is 10.5. The third-order valence-electron chi connectivity index (χ3n) is 5.02. The lowest BCUT2D eigenvalue weighted by molar-refractivity contribution is -0.118. The molecule has 0 unspecified atom stereocenters. The van der Waals surface area contributed by atoms with Crippen LogP contribution >= 0.6 is 0 Å². The number of fused-ring (bicyclic) bond motifs is 2. The standard InChI is InChI=1S/C21H19FN2O2/c1-13-10-15-6-5-9-23(20(15)18(22)11-13)19(25)12-24-14(2)16-7-3-4-8-17(16)21(24)26/h3-4,7-8,10-11H,2,5-6,9,12H2,1H3. The van der Waals surface area contributed by atoms with E-state index in [9.17, 15) is 14.0 Å². The number of aryl methyl sites for hydroxylation is 2. The lowest BCUT2D eigenvalue weighted by atomic mass is 9.99. The van der Waals surface area contributed by atoms with Gasteiger partial charge in [-0.3, -0.25) is 14.5 Å². The summed E-state index contributed by atoms with van der Waals surface area (Å²) in [6.07, 6.45) is 1.52. The van der Waals surface area contributed by atoms with Crippen LogP contribution in [-0.2, 0) is 11.2 Å². The number of hydrogen-bond donors (Lipinski definition) is 0. The van der Waals surface area contributed by atoms with E-state index in [4.69, 9.17) is 0 Å². The quantitative estimate of drug-likeness (QED) is 0.831. The number of hydrogen-bond acceptors (Lipinski definition) is 2. The normalized spacial score (nSPS) is 15.9. The highest BCUT2D eigenvalue weighted by molar-refractivity contribution is 6.11. The molecule has 0 spiro atoms. The van der Waals surface area contributed by atoms with Crippen LogP contribution in [0.2, 0.25) is 0 Å². The predicted octanol–water partition coefficient (Wildman–Crippen LogP) is 3.54. The van der Waals surface area contributed by atoms with Crippen molar-refractivity contribution in [3.05, 3.63) is 71.0 Å². The number of rotatable bonds is 2. The molecule has 0 saturated heterocycles. The molecule has 4 rings (SSSR count). The van der Waals surface area contributed by atoms with Crippen molar-refractivity contribution in [2.75, 3.05) is 18.0 Å². The van der Waals surface area contributed by atoms with Crippen molar-refractivity contribution >= 4 is 23.2 Å². The van der Waals surface area contributed by atoms with Gasteiger partial charge in [0, 0.05) is 23.4 Å². The second-order valence-corrected chi connectivity index (χ2v) is 6.79. The van der Waals surface area contributed by atoms with Gasteiger partial charge in [-0.15, -0.1) is 0 Å². The highest BCUT2D eigenvalue weighted by Gasteiger charge is 2.34. The molecule has 5 heteroatoms. The van der Waals surface area contributed by atoms with E-state index in [-0.39, 0.29) is 24.2 Å². The van der Waals surface area contributed by atoms with Gasteiger partial charge in [0.2, 0.25) is 5.91 Å². The topological polar surface area (TPSA) is 40.6 Å². The SMILES string of the molecule is C=C1c2ccccc2C(=O)N1CC(=O)N1CCCc2cc(C)cc(F)c21. The van der Waals surface area contributed by atoms with Gasteiger partial charge < -0.3 is 4.90 Å². The lowest BCUT2D eigenvalue weighted by Crippen LogP contribution is -2.43. The molecule has 0 N–H and O–H groups in total. The maximum Gasteiger partial charge on any atom is 0.259 e. The van der Waals surface area contributed by atoms with E-state index in [1.807, 2.05) is 25.1 Å². The van der Waals surface area contributed by atoms with Crippen molar-refractivity contribution in [3.8, 4) is 0 Å². The molecule has 2 heterocycles. The second-order valence-electron chi connectivity index (χ2n) is 6.79. The monoisotopic (exact) mass is 350 g/mol. The molecule has 2 aromatic carbocycles. The molecule has 0 bridgehead atoms. The van der Waals surface area contributed by atoms with Crippen LogP contribution in [-0.4, -0.2) is 29.8 Å². The minimum atomic E-state index is -0.386. The van der Waals surface area contributed by atoms with Gasteiger partial charge in [0.15, 0.2) is 0 Å². The van der Waals surface area contributed by atoms with E-state index in [1.54, 1.807) is 12.1 Å². The number of anilines is 1. The summed E-state index contributed by atoms with van der Waals surface area (Å²) in [7, 11) is 0. The number of nitrogens with zero attached hydrogens (tertiary/aromatic N) is 2. The Hall–Kier alpha value is -2.95. The van der Waals surface area contributed by atoms with Crippen LogP contribution in [0.4, 0.5) is 10.1 Å².